The predicted molar refractivity (Wildman–Crippen MR) is 88.5 cm³/mol. The van der Waals surface area contributed by atoms with Crippen LogP contribution in [0.2, 0.25) is 0 Å². The molecule has 0 aliphatic heterocycles. The Balaban J connectivity index is 0.00000112. The zero-order valence-corrected chi connectivity index (χ0v) is 13.9. The van der Waals surface area contributed by atoms with Crippen molar-refractivity contribution in [3.05, 3.63) is 12.7 Å². The lowest BCUT2D eigenvalue weighted by molar-refractivity contribution is 0.0377. The van der Waals surface area contributed by atoms with Crippen LogP contribution >= 0.6 is 0 Å². The van der Waals surface area contributed by atoms with E-state index in [0.29, 0.717) is 30.6 Å². The molecule has 2 aromatic rings. The Bertz CT molecular complexity index is 607. The van der Waals surface area contributed by atoms with Gasteiger partial charge in [-0.2, -0.15) is 0 Å². The van der Waals surface area contributed by atoms with Crippen LogP contribution in [-0.2, 0) is 4.74 Å². The van der Waals surface area contributed by atoms with Crippen molar-refractivity contribution in [3.8, 4) is 12.3 Å². The van der Waals surface area contributed by atoms with Crippen molar-refractivity contribution in [1.82, 2.24) is 19.5 Å². The molecule has 0 fully saturated rings. The van der Waals surface area contributed by atoms with Gasteiger partial charge in [0.05, 0.1) is 32.3 Å². The summed E-state index contributed by atoms with van der Waals surface area (Å²) in [4.78, 5) is 12.2. The zero-order chi connectivity index (χ0) is 17.8. The molecule has 128 valence electrons. The number of aliphatic hydroxyl groups is 1. The van der Waals surface area contributed by atoms with Gasteiger partial charge < -0.3 is 20.1 Å². The van der Waals surface area contributed by atoms with Gasteiger partial charge in [-0.1, -0.05) is 19.8 Å². The molecular weight excluding hydrogens is 301 g/mol. The number of nitrogens with zero attached hydrogens (tertiary/aromatic N) is 4. The van der Waals surface area contributed by atoms with E-state index in [9.17, 15) is 4.39 Å². The predicted octanol–water partition coefficient (Wildman–Crippen LogP) is 1.59. The molecule has 2 atom stereocenters. The molecule has 0 radical (unpaired) electrons. The summed E-state index contributed by atoms with van der Waals surface area (Å²) >= 11 is 0. The second-order valence-corrected chi connectivity index (χ2v) is 4.04. The quantitative estimate of drug-likeness (QED) is 0.810. The molecule has 0 saturated carbocycles. The summed E-state index contributed by atoms with van der Waals surface area (Å²) in [6.45, 7) is 3.90. The molecule has 0 amide bonds. The molecule has 0 spiro atoms. The second kappa shape index (κ2) is 11.3. The lowest BCUT2D eigenvalue weighted by Gasteiger charge is -2.18. The van der Waals surface area contributed by atoms with Crippen LogP contribution in [0.3, 0.4) is 0 Å². The Morgan fingerprint density at radius 3 is 2.57 bits per heavy atom. The fourth-order valence-corrected chi connectivity index (χ4v) is 1.85. The number of terminal acetylenes is 1. The first-order valence-electron chi connectivity index (χ1n) is 7.11. The Morgan fingerprint density at radius 1 is 1.39 bits per heavy atom. The largest absolute Gasteiger partial charge is 0.394 e. The van der Waals surface area contributed by atoms with E-state index >= 15 is 0 Å². The van der Waals surface area contributed by atoms with E-state index in [0.717, 1.165) is 0 Å². The molecule has 8 heteroatoms. The van der Waals surface area contributed by atoms with Gasteiger partial charge in [0.1, 0.15) is 11.8 Å². The molecule has 0 saturated heterocycles. The Hall–Kier alpha value is -2.24. The second-order valence-electron chi connectivity index (χ2n) is 4.04. The van der Waals surface area contributed by atoms with Crippen LogP contribution in [0.25, 0.3) is 11.2 Å². The molecule has 2 aromatic heterocycles. The highest BCUT2D eigenvalue weighted by molar-refractivity contribution is 5.81. The van der Waals surface area contributed by atoms with Crippen LogP contribution in [0.4, 0.5) is 10.2 Å². The smallest absolute Gasteiger partial charge is 0.166 e. The minimum atomic E-state index is -0.335. The molecule has 2 rings (SSSR count). The summed E-state index contributed by atoms with van der Waals surface area (Å²) in [5, 5.41) is 9.16. The van der Waals surface area contributed by atoms with Gasteiger partial charge in [-0.15, -0.1) is 6.42 Å². The molecule has 0 aliphatic rings. The van der Waals surface area contributed by atoms with Gasteiger partial charge in [0.25, 0.3) is 0 Å². The fraction of sp³-hybridized carbons (Fsp3) is 0.533. The average molecular weight is 325 g/mol. The first kappa shape index (κ1) is 20.8. The molecule has 7 nitrogen and oxygen atoms in total. The molecule has 0 bridgehead atoms. The number of aromatic nitrogens is 4. The van der Waals surface area contributed by atoms with E-state index in [1.165, 1.54) is 13.4 Å². The van der Waals surface area contributed by atoms with E-state index in [2.05, 4.69) is 20.9 Å². The summed E-state index contributed by atoms with van der Waals surface area (Å²) in [5.74, 6) is 2.96. The van der Waals surface area contributed by atoms with E-state index in [1.54, 1.807) is 10.9 Å². The van der Waals surface area contributed by atoms with Gasteiger partial charge in [0, 0.05) is 13.5 Å². The molecule has 23 heavy (non-hydrogen) atoms. The van der Waals surface area contributed by atoms with Crippen LogP contribution in [0.15, 0.2) is 12.7 Å². The van der Waals surface area contributed by atoms with Crippen LogP contribution in [0.1, 0.15) is 26.3 Å². The maximum atomic E-state index is 9.50. The van der Waals surface area contributed by atoms with Crippen LogP contribution < -0.4 is 5.73 Å². The number of imidazole rings is 1. The monoisotopic (exact) mass is 325 g/mol. The van der Waals surface area contributed by atoms with Gasteiger partial charge in [-0.05, 0) is 0 Å². The first-order chi connectivity index (χ1) is 11.2. The molecule has 1 unspecified atom stereocenters. The molecule has 0 aliphatic carbocycles. The first-order valence-corrected chi connectivity index (χ1v) is 7.11. The summed E-state index contributed by atoms with van der Waals surface area (Å²) in [6.07, 6.45) is 8.60. The normalized spacial score (nSPS) is 12.2. The Kier molecular flexibility index (Phi) is 10.2. The summed E-state index contributed by atoms with van der Waals surface area (Å²) in [7, 11) is 2.03. The number of methoxy groups -OCH3 is 1. The van der Waals surface area contributed by atoms with Crippen molar-refractivity contribution < 1.29 is 14.2 Å². The minimum absolute atomic E-state index is 0.0988. The molecule has 2 heterocycles. The highest BCUT2D eigenvalue weighted by atomic mass is 19.1. The maximum absolute atomic E-state index is 9.50. The number of hydrogen-bond acceptors (Lipinski definition) is 6. The third-order valence-corrected chi connectivity index (χ3v) is 2.94. The summed E-state index contributed by atoms with van der Waals surface area (Å²) < 4.78 is 16.4. The topological polar surface area (TPSA) is 99.1 Å². The van der Waals surface area contributed by atoms with Gasteiger partial charge >= 0.3 is 0 Å². The molecular formula is C15H24FN5O2. The standard InChI is InChI=1S/C12H15N5O2.C2H6.CH3F/c1-3-8(4-9(5-18)19-2)17-7-16-10-11(13)14-6-15-12(10)17;2*1-2/h1,6-9,18H,4-5H2,2H3,(H2,13,14,15);1-2H3;1H3/t8-,9?;;/m0../s1. The third-order valence-electron chi connectivity index (χ3n) is 2.94. The van der Waals surface area contributed by atoms with E-state index < -0.39 is 0 Å². The van der Waals surface area contributed by atoms with Gasteiger partial charge in [-0.25, -0.2) is 15.0 Å². The van der Waals surface area contributed by atoms with Crippen LogP contribution in [-0.4, -0.2) is 51.6 Å². The van der Waals surface area contributed by atoms with Gasteiger partial charge in [0.2, 0.25) is 0 Å². The molecule has 0 aromatic carbocycles. The van der Waals surface area contributed by atoms with Gasteiger partial charge in [0.15, 0.2) is 11.5 Å². The lowest BCUT2D eigenvalue weighted by atomic mass is 10.1. The number of rotatable bonds is 5. The van der Waals surface area contributed by atoms with Crippen LogP contribution in [0, 0.1) is 12.3 Å². The number of aliphatic hydroxyl groups excluding tert-OH is 1. The van der Waals surface area contributed by atoms with Crippen molar-refractivity contribution in [2.75, 3.05) is 26.6 Å². The summed E-state index contributed by atoms with van der Waals surface area (Å²) in [5.41, 5.74) is 6.81. The maximum Gasteiger partial charge on any atom is 0.166 e. The van der Waals surface area contributed by atoms with E-state index in [4.69, 9.17) is 22.0 Å². The zero-order valence-electron chi connectivity index (χ0n) is 13.9. The molecule has 3 N–H and O–H groups in total. The van der Waals surface area contributed by atoms with Crippen molar-refractivity contribution in [2.45, 2.75) is 32.4 Å². The number of nitrogen functional groups attached to an aromatic ring is 1. The van der Waals surface area contributed by atoms with Crippen LogP contribution in [0.5, 0.6) is 0 Å². The van der Waals surface area contributed by atoms with E-state index in [-0.39, 0.29) is 18.8 Å². The number of alkyl halides is 1. The van der Waals surface area contributed by atoms with Crippen molar-refractivity contribution in [3.63, 3.8) is 0 Å². The van der Waals surface area contributed by atoms with Crippen molar-refractivity contribution in [2.24, 2.45) is 0 Å². The Labute approximate surface area is 135 Å². The number of hydrogen-bond donors (Lipinski definition) is 2. The van der Waals surface area contributed by atoms with Crippen molar-refractivity contribution >= 4 is 17.0 Å². The average Bonchev–Trinajstić information content (AvgIpc) is 3.05. The highest BCUT2D eigenvalue weighted by Crippen LogP contribution is 2.21. The number of halogens is 1. The number of ether oxygens (including phenoxy) is 1. The Morgan fingerprint density at radius 2 is 2.04 bits per heavy atom. The minimum Gasteiger partial charge on any atom is -0.394 e. The third kappa shape index (κ3) is 5.16. The highest BCUT2D eigenvalue weighted by Gasteiger charge is 2.18. The van der Waals surface area contributed by atoms with Crippen molar-refractivity contribution in [1.29, 1.82) is 0 Å². The van der Waals surface area contributed by atoms with Gasteiger partial charge in [-0.3, -0.25) is 4.39 Å². The van der Waals surface area contributed by atoms with E-state index in [1.807, 2.05) is 13.8 Å². The summed E-state index contributed by atoms with van der Waals surface area (Å²) in [6, 6.07) is -0.323. The lowest BCUT2D eigenvalue weighted by Crippen LogP contribution is -2.21. The number of anilines is 1. The SMILES string of the molecule is C#C[C@@H](CC(CO)OC)n1cnc2c(N)ncnc21.CC.CF. The number of nitrogens with two attached hydrogens (primary N) is 1. The number of fused-ring (bicyclic) bond motifs is 1. The fourth-order valence-electron chi connectivity index (χ4n) is 1.85.